The van der Waals surface area contributed by atoms with Crippen LogP contribution in [-0.4, -0.2) is 42.8 Å². The molecule has 0 bridgehead atoms. The number of nitrogen functional groups attached to an aromatic ring is 1. The molecule has 2 aromatic rings. The molecule has 0 aliphatic carbocycles. The Bertz CT molecular complexity index is 1080. The first-order chi connectivity index (χ1) is 13.2. The molecule has 14 heteroatoms. The van der Waals surface area contributed by atoms with E-state index in [2.05, 4.69) is 9.84 Å². The lowest BCUT2D eigenvalue weighted by molar-refractivity contribution is -0.142. The molecule has 0 aliphatic heterocycles. The first-order valence-electron chi connectivity index (χ1n) is 7.58. The van der Waals surface area contributed by atoms with Gasteiger partial charge in [-0.05, 0) is 18.2 Å². The number of rotatable bonds is 6. The summed E-state index contributed by atoms with van der Waals surface area (Å²) < 4.78 is 82.3. The van der Waals surface area contributed by atoms with Crippen molar-refractivity contribution in [3.05, 3.63) is 40.8 Å². The number of aromatic nitrogens is 2. The molecule has 9 nitrogen and oxygen atoms in total. The highest BCUT2D eigenvalue weighted by Gasteiger charge is 2.41. The molecule has 0 fully saturated rings. The normalized spacial score (nSPS) is 11.9. The third-order valence-electron chi connectivity index (χ3n) is 3.47. The Labute approximate surface area is 161 Å². The van der Waals surface area contributed by atoms with Gasteiger partial charge in [-0.2, -0.15) is 18.3 Å². The predicted molar refractivity (Wildman–Crippen MR) is 92.1 cm³/mol. The average molecular weight is 438 g/mol. The van der Waals surface area contributed by atoms with E-state index in [4.69, 9.17) is 5.73 Å². The number of alkyl halides is 3. The van der Waals surface area contributed by atoms with Gasteiger partial charge in [0.2, 0.25) is 15.8 Å². The number of hydrogen-bond donors (Lipinski definition) is 2. The number of carbonyl (C=O) groups excluding carboxylic acids is 2. The Hall–Kier alpha value is -3.16. The van der Waals surface area contributed by atoms with Crippen molar-refractivity contribution in [2.75, 3.05) is 23.3 Å². The molecule has 0 aliphatic rings. The number of sulfonamides is 1. The van der Waals surface area contributed by atoms with E-state index in [-0.39, 0.29) is 5.69 Å². The van der Waals surface area contributed by atoms with Crippen molar-refractivity contribution in [2.24, 2.45) is 7.05 Å². The summed E-state index contributed by atoms with van der Waals surface area (Å²) >= 11 is 0. The molecule has 0 spiro atoms. The van der Waals surface area contributed by atoms with E-state index in [0.29, 0.717) is 4.68 Å². The number of nitrogens with two attached hydrogens (primary N) is 1. The van der Waals surface area contributed by atoms with E-state index in [9.17, 15) is 35.6 Å². The van der Waals surface area contributed by atoms with Gasteiger partial charge in [-0.25, -0.2) is 17.6 Å². The van der Waals surface area contributed by atoms with Gasteiger partial charge in [0, 0.05) is 7.05 Å². The van der Waals surface area contributed by atoms with Gasteiger partial charge < -0.3 is 10.5 Å². The minimum Gasteiger partial charge on any atom is -0.454 e. The number of aryl methyl sites for hydroxylation is 1. The molecule has 29 heavy (non-hydrogen) atoms. The monoisotopic (exact) mass is 438 g/mol. The quantitative estimate of drug-likeness (QED) is 0.397. The van der Waals surface area contributed by atoms with Crippen LogP contribution in [-0.2, 0) is 28.0 Å². The minimum absolute atomic E-state index is 0.156. The second-order valence-corrected chi connectivity index (χ2v) is 7.55. The number of ether oxygens (including phenoxy) is 1. The average Bonchev–Trinajstić information content (AvgIpc) is 2.86. The smallest absolute Gasteiger partial charge is 0.436 e. The number of ketones is 1. The Morgan fingerprint density at radius 3 is 2.45 bits per heavy atom. The van der Waals surface area contributed by atoms with E-state index in [1.807, 2.05) is 4.72 Å². The summed E-state index contributed by atoms with van der Waals surface area (Å²) in [4.78, 5) is 24.0. The minimum atomic E-state index is -5.00. The van der Waals surface area contributed by atoms with Crippen LogP contribution in [0.3, 0.4) is 0 Å². The number of benzene rings is 1. The van der Waals surface area contributed by atoms with Crippen molar-refractivity contribution < 1.29 is 40.3 Å². The summed E-state index contributed by atoms with van der Waals surface area (Å²) in [5.74, 6) is -4.39. The summed E-state index contributed by atoms with van der Waals surface area (Å²) in [7, 11) is -2.60. The fraction of sp³-hybridized carbons (Fsp3) is 0.267. The van der Waals surface area contributed by atoms with Crippen molar-refractivity contribution in [1.29, 1.82) is 0 Å². The summed E-state index contributed by atoms with van der Waals surface area (Å²) in [6.45, 7) is -1.08. The van der Waals surface area contributed by atoms with Crippen LogP contribution in [0.5, 0.6) is 0 Å². The van der Waals surface area contributed by atoms with E-state index < -0.39 is 63.0 Å². The fourth-order valence-electron chi connectivity index (χ4n) is 2.24. The molecular weight excluding hydrogens is 424 g/mol. The fourth-order valence-corrected chi connectivity index (χ4v) is 2.79. The molecule has 3 N–H and O–H groups in total. The molecule has 1 heterocycles. The number of Topliss-reactive ketones (excluding diaryl/α,β-unsaturated/α-hetero) is 1. The molecule has 0 saturated carbocycles. The van der Waals surface area contributed by atoms with Crippen LogP contribution in [0.1, 0.15) is 26.4 Å². The van der Waals surface area contributed by atoms with Crippen LogP contribution in [0, 0.1) is 5.82 Å². The molecule has 2 rings (SSSR count). The van der Waals surface area contributed by atoms with Gasteiger partial charge in [0.15, 0.2) is 12.3 Å². The van der Waals surface area contributed by atoms with E-state index in [1.54, 1.807) is 0 Å². The van der Waals surface area contributed by atoms with Crippen molar-refractivity contribution >= 4 is 33.3 Å². The Morgan fingerprint density at radius 1 is 1.31 bits per heavy atom. The molecule has 0 radical (unpaired) electrons. The Balaban J connectivity index is 2.17. The zero-order valence-corrected chi connectivity index (χ0v) is 15.7. The molecular formula is C15H14F4N4O5S. The third kappa shape index (κ3) is 5.22. The lowest BCUT2D eigenvalue weighted by Crippen LogP contribution is -2.19. The molecule has 1 aromatic carbocycles. The molecule has 0 saturated heterocycles. The first kappa shape index (κ1) is 22.1. The van der Waals surface area contributed by atoms with Crippen LogP contribution in [0.4, 0.5) is 29.1 Å². The second-order valence-electron chi connectivity index (χ2n) is 5.80. The van der Waals surface area contributed by atoms with Gasteiger partial charge in [0.25, 0.3) is 0 Å². The Morgan fingerprint density at radius 2 is 1.93 bits per heavy atom. The molecule has 1 aromatic heterocycles. The van der Waals surface area contributed by atoms with Crippen LogP contribution in [0.15, 0.2) is 18.2 Å². The van der Waals surface area contributed by atoms with Gasteiger partial charge in [-0.3, -0.25) is 14.2 Å². The summed E-state index contributed by atoms with van der Waals surface area (Å²) in [5.41, 5.74) is 2.04. The molecule has 158 valence electrons. The van der Waals surface area contributed by atoms with E-state index in [1.165, 1.54) is 0 Å². The molecule has 0 amide bonds. The van der Waals surface area contributed by atoms with Crippen LogP contribution in [0.2, 0.25) is 0 Å². The van der Waals surface area contributed by atoms with Crippen LogP contribution in [0.25, 0.3) is 0 Å². The van der Waals surface area contributed by atoms with Crippen LogP contribution < -0.4 is 10.5 Å². The van der Waals surface area contributed by atoms with Crippen molar-refractivity contribution in [3.63, 3.8) is 0 Å². The predicted octanol–water partition coefficient (Wildman–Crippen LogP) is 1.57. The van der Waals surface area contributed by atoms with Gasteiger partial charge in [0.1, 0.15) is 17.2 Å². The van der Waals surface area contributed by atoms with E-state index >= 15 is 0 Å². The Kier molecular flexibility index (Phi) is 5.87. The third-order valence-corrected chi connectivity index (χ3v) is 4.08. The maximum atomic E-state index is 14.0. The van der Waals surface area contributed by atoms with Crippen molar-refractivity contribution in [2.45, 2.75) is 6.18 Å². The number of hydrogen-bond acceptors (Lipinski definition) is 7. The highest BCUT2D eigenvalue weighted by molar-refractivity contribution is 7.92. The number of halogens is 4. The maximum Gasteiger partial charge on any atom is 0.436 e. The highest BCUT2D eigenvalue weighted by Crippen LogP contribution is 2.33. The van der Waals surface area contributed by atoms with Crippen LogP contribution >= 0.6 is 0 Å². The zero-order valence-electron chi connectivity index (χ0n) is 14.9. The van der Waals surface area contributed by atoms with Crippen molar-refractivity contribution in [3.8, 4) is 0 Å². The standard InChI is InChI=1S/C15H14F4N4O5S/c1-23-13(20)11(12(21-23)15(17,18)19)14(25)28-6-10(24)8-4-3-7(5-9(8)16)22-29(2,26)27/h3-5,22H,6,20H2,1-2H3. The first-order valence-corrected chi connectivity index (χ1v) is 9.47. The van der Waals surface area contributed by atoms with Crippen molar-refractivity contribution in [1.82, 2.24) is 9.78 Å². The molecule has 0 atom stereocenters. The second kappa shape index (κ2) is 7.69. The SMILES string of the molecule is Cn1nc(C(F)(F)F)c(C(=O)OCC(=O)c2ccc(NS(C)(=O)=O)cc2F)c1N. The van der Waals surface area contributed by atoms with Gasteiger partial charge in [0.05, 0.1) is 17.5 Å². The number of esters is 1. The molecule has 0 unspecified atom stereocenters. The lowest BCUT2D eigenvalue weighted by Gasteiger charge is -2.09. The zero-order chi connectivity index (χ0) is 22.1. The largest absolute Gasteiger partial charge is 0.454 e. The number of nitrogens with one attached hydrogen (secondary N) is 1. The number of anilines is 2. The topological polar surface area (TPSA) is 133 Å². The summed E-state index contributed by atoms with van der Waals surface area (Å²) in [6, 6.07) is 2.73. The summed E-state index contributed by atoms with van der Waals surface area (Å²) in [5, 5.41) is 3.11. The van der Waals surface area contributed by atoms with Gasteiger partial charge in [-0.1, -0.05) is 0 Å². The lowest BCUT2D eigenvalue weighted by atomic mass is 10.1. The van der Waals surface area contributed by atoms with E-state index in [0.717, 1.165) is 31.5 Å². The number of carbonyl (C=O) groups is 2. The summed E-state index contributed by atoms with van der Waals surface area (Å²) in [6.07, 6.45) is -4.16. The maximum absolute atomic E-state index is 14.0. The van der Waals surface area contributed by atoms with Gasteiger partial charge in [-0.15, -0.1) is 0 Å². The highest BCUT2D eigenvalue weighted by atomic mass is 32.2. The van der Waals surface area contributed by atoms with Gasteiger partial charge >= 0.3 is 12.1 Å². The number of nitrogens with zero attached hydrogens (tertiary/aromatic N) is 2.